The zero-order valence-corrected chi connectivity index (χ0v) is 12.3. The van der Waals surface area contributed by atoms with Gasteiger partial charge in [0.05, 0.1) is 6.04 Å². The van der Waals surface area contributed by atoms with Crippen molar-refractivity contribution >= 4 is 16.8 Å². The summed E-state index contributed by atoms with van der Waals surface area (Å²) in [6.07, 6.45) is 5.29. The van der Waals surface area contributed by atoms with Crippen LogP contribution in [0.3, 0.4) is 0 Å². The molecule has 1 aromatic carbocycles. The maximum atomic E-state index is 11.9. The highest BCUT2D eigenvalue weighted by Gasteiger charge is 2.12. The lowest BCUT2D eigenvalue weighted by atomic mass is 10.1. The van der Waals surface area contributed by atoms with Gasteiger partial charge in [-0.15, -0.1) is 0 Å². The van der Waals surface area contributed by atoms with Gasteiger partial charge in [-0.05, 0) is 37.4 Å². The van der Waals surface area contributed by atoms with E-state index < -0.39 is 6.04 Å². The van der Waals surface area contributed by atoms with Gasteiger partial charge in [0.1, 0.15) is 0 Å². The van der Waals surface area contributed by atoms with E-state index in [1.807, 2.05) is 24.4 Å². The summed E-state index contributed by atoms with van der Waals surface area (Å²) in [7, 11) is 0. The Morgan fingerprint density at radius 1 is 1.29 bits per heavy atom. The van der Waals surface area contributed by atoms with E-state index in [1.165, 1.54) is 10.9 Å². The Bertz CT molecular complexity index is 578. The van der Waals surface area contributed by atoms with Gasteiger partial charge in [0.2, 0.25) is 5.91 Å². The minimum atomic E-state index is -0.431. The molecular formula is C16H24N4O. The number of benzene rings is 1. The number of carbonyl (C=O) groups excluding carboxylic acids is 1. The molecule has 0 fully saturated rings. The highest BCUT2D eigenvalue weighted by Crippen LogP contribution is 2.17. The van der Waals surface area contributed by atoms with Crippen LogP contribution in [0.4, 0.5) is 0 Å². The summed E-state index contributed by atoms with van der Waals surface area (Å²) in [5.41, 5.74) is 13.6. The molecule has 0 aliphatic heterocycles. The normalized spacial score (nSPS) is 12.5. The fourth-order valence-corrected chi connectivity index (χ4v) is 2.43. The van der Waals surface area contributed by atoms with E-state index in [4.69, 9.17) is 11.5 Å². The predicted molar refractivity (Wildman–Crippen MR) is 85.9 cm³/mol. The van der Waals surface area contributed by atoms with Gasteiger partial charge in [0, 0.05) is 23.6 Å². The van der Waals surface area contributed by atoms with E-state index in [0.29, 0.717) is 19.5 Å². The van der Waals surface area contributed by atoms with E-state index in [2.05, 4.69) is 16.4 Å². The van der Waals surface area contributed by atoms with Crippen LogP contribution in [0.25, 0.3) is 10.9 Å². The van der Waals surface area contributed by atoms with Crippen molar-refractivity contribution in [3.05, 3.63) is 36.0 Å². The van der Waals surface area contributed by atoms with Crippen LogP contribution in [0.1, 0.15) is 24.8 Å². The van der Waals surface area contributed by atoms with Crippen molar-refractivity contribution in [2.24, 2.45) is 11.5 Å². The van der Waals surface area contributed by atoms with Crippen LogP contribution < -0.4 is 16.8 Å². The fourth-order valence-electron chi connectivity index (χ4n) is 2.43. The van der Waals surface area contributed by atoms with Crippen LogP contribution >= 0.6 is 0 Å². The van der Waals surface area contributed by atoms with Crippen molar-refractivity contribution < 1.29 is 4.79 Å². The van der Waals surface area contributed by atoms with Crippen LogP contribution in [-0.4, -0.2) is 30.0 Å². The fraction of sp³-hybridized carbons (Fsp3) is 0.438. The first-order chi connectivity index (χ1) is 10.2. The first-order valence-corrected chi connectivity index (χ1v) is 7.50. The number of unbranched alkanes of at least 4 members (excludes halogenated alkanes) is 1. The smallest absolute Gasteiger partial charge is 0.236 e. The lowest BCUT2D eigenvalue weighted by Crippen LogP contribution is -2.41. The first kappa shape index (κ1) is 15.5. The number of amides is 1. The summed E-state index contributed by atoms with van der Waals surface area (Å²) in [5.74, 6) is -0.0770. The number of para-hydroxylation sites is 1. The SMILES string of the molecule is NCCCC[C@H](N)C(=O)NCCc1c[nH]c2ccccc12. The van der Waals surface area contributed by atoms with E-state index in [-0.39, 0.29) is 5.91 Å². The number of carbonyl (C=O) groups is 1. The molecule has 0 saturated heterocycles. The van der Waals surface area contributed by atoms with Crippen LogP contribution in [0.5, 0.6) is 0 Å². The van der Waals surface area contributed by atoms with Crippen molar-refractivity contribution in [3.63, 3.8) is 0 Å². The molecule has 2 aromatic rings. The Hall–Kier alpha value is -1.85. The topological polar surface area (TPSA) is 96.9 Å². The van der Waals surface area contributed by atoms with Gasteiger partial charge < -0.3 is 21.8 Å². The molecule has 0 aliphatic carbocycles. The van der Waals surface area contributed by atoms with E-state index in [9.17, 15) is 4.79 Å². The molecule has 2 rings (SSSR count). The average molecular weight is 288 g/mol. The first-order valence-electron chi connectivity index (χ1n) is 7.50. The monoisotopic (exact) mass is 288 g/mol. The number of H-pyrrole nitrogens is 1. The van der Waals surface area contributed by atoms with E-state index in [0.717, 1.165) is 24.8 Å². The molecule has 0 bridgehead atoms. The molecular weight excluding hydrogens is 264 g/mol. The molecule has 5 heteroatoms. The number of nitrogens with two attached hydrogens (primary N) is 2. The molecule has 1 amide bonds. The van der Waals surface area contributed by atoms with Crippen molar-refractivity contribution in [2.75, 3.05) is 13.1 Å². The molecule has 0 radical (unpaired) electrons. The van der Waals surface area contributed by atoms with Gasteiger partial charge in [-0.1, -0.05) is 24.6 Å². The Kier molecular flexibility index (Phi) is 5.78. The Labute approximate surface area is 125 Å². The van der Waals surface area contributed by atoms with Gasteiger partial charge >= 0.3 is 0 Å². The number of hydrogen-bond donors (Lipinski definition) is 4. The third kappa shape index (κ3) is 4.31. The highest BCUT2D eigenvalue weighted by atomic mass is 16.2. The Balaban J connectivity index is 1.77. The maximum Gasteiger partial charge on any atom is 0.236 e. The molecule has 0 unspecified atom stereocenters. The molecule has 6 N–H and O–H groups in total. The summed E-state index contributed by atoms with van der Waals surface area (Å²) < 4.78 is 0. The standard InChI is InChI=1S/C16H24N4O/c17-9-4-3-6-14(18)16(21)19-10-8-12-11-20-15-7-2-1-5-13(12)15/h1-2,5,7,11,14,20H,3-4,6,8-10,17-18H2,(H,19,21)/t14-/m0/s1. The van der Waals surface area contributed by atoms with Gasteiger partial charge in [0.15, 0.2) is 0 Å². The second-order valence-corrected chi connectivity index (χ2v) is 5.29. The molecule has 21 heavy (non-hydrogen) atoms. The molecule has 1 aromatic heterocycles. The van der Waals surface area contributed by atoms with Crippen molar-refractivity contribution in [3.8, 4) is 0 Å². The Morgan fingerprint density at radius 3 is 2.90 bits per heavy atom. The van der Waals surface area contributed by atoms with Gasteiger partial charge in [-0.2, -0.15) is 0 Å². The number of fused-ring (bicyclic) bond motifs is 1. The minimum absolute atomic E-state index is 0.0770. The number of aromatic amines is 1. The van der Waals surface area contributed by atoms with Gasteiger partial charge in [0.25, 0.3) is 0 Å². The lowest BCUT2D eigenvalue weighted by molar-refractivity contribution is -0.122. The number of nitrogens with one attached hydrogen (secondary N) is 2. The summed E-state index contributed by atoms with van der Waals surface area (Å²) in [4.78, 5) is 15.1. The van der Waals surface area contributed by atoms with Crippen LogP contribution in [0.15, 0.2) is 30.5 Å². The van der Waals surface area contributed by atoms with Crippen molar-refractivity contribution in [1.82, 2.24) is 10.3 Å². The largest absolute Gasteiger partial charge is 0.361 e. The highest BCUT2D eigenvalue weighted by molar-refractivity contribution is 5.83. The zero-order chi connectivity index (χ0) is 15.1. The third-order valence-corrected chi connectivity index (χ3v) is 3.67. The zero-order valence-electron chi connectivity index (χ0n) is 12.3. The number of aromatic nitrogens is 1. The molecule has 0 spiro atoms. The van der Waals surface area contributed by atoms with Crippen LogP contribution in [0.2, 0.25) is 0 Å². The third-order valence-electron chi connectivity index (χ3n) is 3.67. The van der Waals surface area contributed by atoms with E-state index in [1.54, 1.807) is 0 Å². The number of rotatable bonds is 8. The summed E-state index contributed by atoms with van der Waals surface area (Å²) in [6.45, 7) is 1.25. The quantitative estimate of drug-likeness (QED) is 0.551. The molecule has 5 nitrogen and oxygen atoms in total. The average Bonchev–Trinajstić information content (AvgIpc) is 2.91. The van der Waals surface area contributed by atoms with Gasteiger partial charge in [-0.3, -0.25) is 4.79 Å². The molecule has 0 saturated carbocycles. The molecule has 1 atom stereocenters. The van der Waals surface area contributed by atoms with Gasteiger partial charge in [-0.25, -0.2) is 0 Å². The minimum Gasteiger partial charge on any atom is -0.361 e. The summed E-state index contributed by atoms with van der Waals surface area (Å²) >= 11 is 0. The molecule has 1 heterocycles. The van der Waals surface area contributed by atoms with E-state index >= 15 is 0 Å². The van der Waals surface area contributed by atoms with Crippen molar-refractivity contribution in [2.45, 2.75) is 31.7 Å². The van der Waals surface area contributed by atoms with Crippen molar-refractivity contribution in [1.29, 1.82) is 0 Å². The Morgan fingerprint density at radius 2 is 2.10 bits per heavy atom. The summed E-state index contributed by atoms with van der Waals surface area (Å²) in [6, 6.07) is 7.72. The maximum absolute atomic E-state index is 11.9. The van der Waals surface area contributed by atoms with Crippen LogP contribution in [0, 0.1) is 0 Å². The lowest BCUT2D eigenvalue weighted by Gasteiger charge is -2.11. The molecule has 0 aliphatic rings. The second kappa shape index (κ2) is 7.81. The molecule has 114 valence electrons. The summed E-state index contributed by atoms with van der Waals surface area (Å²) in [5, 5.41) is 4.11. The predicted octanol–water partition coefficient (Wildman–Crippen LogP) is 1.28. The second-order valence-electron chi connectivity index (χ2n) is 5.29. The van der Waals surface area contributed by atoms with Crippen LogP contribution in [-0.2, 0) is 11.2 Å². The number of hydrogen-bond acceptors (Lipinski definition) is 3.